The van der Waals surface area contributed by atoms with Crippen LogP contribution in [0, 0.1) is 6.92 Å². The third-order valence-corrected chi connectivity index (χ3v) is 2.67. The number of halogens is 1. The van der Waals surface area contributed by atoms with E-state index in [1.54, 1.807) is 6.08 Å². The summed E-state index contributed by atoms with van der Waals surface area (Å²) in [7, 11) is 0. The van der Waals surface area contributed by atoms with Crippen molar-refractivity contribution in [1.29, 1.82) is 0 Å². The Hall–Kier alpha value is -1.23. The molecule has 0 fully saturated rings. The number of rotatable bonds is 2. The summed E-state index contributed by atoms with van der Waals surface area (Å²) in [5.41, 5.74) is 0. The second-order valence-corrected chi connectivity index (χ2v) is 3.87. The molecule has 0 bridgehead atoms. The normalized spacial score (nSPS) is 20.1. The molecular formula is C10H15FN4. The maximum absolute atomic E-state index is 13.1. The zero-order valence-electron chi connectivity index (χ0n) is 9.00. The Bertz CT molecular complexity index is 371. The lowest BCUT2D eigenvalue weighted by Gasteiger charge is -2.28. The van der Waals surface area contributed by atoms with Gasteiger partial charge in [0.15, 0.2) is 5.82 Å². The highest BCUT2D eigenvalue weighted by molar-refractivity contribution is 5.03. The summed E-state index contributed by atoms with van der Waals surface area (Å²) in [5, 5.41) is 6.90. The molecular weight excluding hydrogens is 195 g/mol. The number of aryl methyl sites for hydroxylation is 1. The third-order valence-electron chi connectivity index (χ3n) is 2.67. The Morgan fingerprint density at radius 2 is 2.40 bits per heavy atom. The van der Waals surface area contributed by atoms with Gasteiger partial charge in [0.05, 0.1) is 12.6 Å². The zero-order valence-corrected chi connectivity index (χ0v) is 9.00. The van der Waals surface area contributed by atoms with Gasteiger partial charge in [0, 0.05) is 6.54 Å². The summed E-state index contributed by atoms with van der Waals surface area (Å²) in [6, 6.07) is 0.0643. The molecule has 1 aromatic rings. The van der Waals surface area contributed by atoms with Crippen LogP contribution in [0.25, 0.3) is 0 Å². The minimum atomic E-state index is -0.0552. The van der Waals surface area contributed by atoms with Gasteiger partial charge in [0.2, 0.25) is 0 Å². The van der Waals surface area contributed by atoms with Crippen molar-refractivity contribution < 1.29 is 4.39 Å². The molecule has 4 nitrogen and oxygen atoms in total. The summed E-state index contributed by atoms with van der Waals surface area (Å²) >= 11 is 0. The van der Waals surface area contributed by atoms with E-state index in [4.69, 9.17) is 0 Å². The molecule has 2 heterocycles. The SMILES string of the molecule is Cc1nc([C@H](C)N2CCC=C(F)C2)n[nH]1. The molecule has 15 heavy (non-hydrogen) atoms. The topological polar surface area (TPSA) is 44.8 Å². The van der Waals surface area contributed by atoms with Crippen LogP contribution in [0.4, 0.5) is 4.39 Å². The lowest BCUT2D eigenvalue weighted by molar-refractivity contribution is 0.200. The van der Waals surface area contributed by atoms with E-state index in [0.717, 1.165) is 24.6 Å². The van der Waals surface area contributed by atoms with Gasteiger partial charge in [0.1, 0.15) is 11.7 Å². The molecule has 2 rings (SSSR count). The molecule has 5 heteroatoms. The first kappa shape index (κ1) is 10.3. The number of nitrogens with zero attached hydrogens (tertiary/aromatic N) is 3. The first-order chi connectivity index (χ1) is 7.16. The number of aromatic nitrogens is 3. The Labute approximate surface area is 88.2 Å². The van der Waals surface area contributed by atoms with E-state index in [1.807, 2.05) is 18.7 Å². The van der Waals surface area contributed by atoms with Crippen molar-refractivity contribution in [3.63, 3.8) is 0 Å². The molecule has 0 radical (unpaired) electrons. The summed E-state index contributed by atoms with van der Waals surface area (Å²) in [6.45, 7) is 5.10. The fourth-order valence-corrected chi connectivity index (χ4v) is 1.77. The molecule has 82 valence electrons. The molecule has 0 unspecified atom stereocenters. The van der Waals surface area contributed by atoms with Crippen LogP contribution in [0.2, 0.25) is 0 Å². The van der Waals surface area contributed by atoms with Crippen LogP contribution < -0.4 is 0 Å². The highest BCUT2D eigenvalue weighted by Gasteiger charge is 2.22. The zero-order chi connectivity index (χ0) is 10.8. The van der Waals surface area contributed by atoms with Gasteiger partial charge in [0.25, 0.3) is 0 Å². The molecule has 0 saturated heterocycles. The largest absolute Gasteiger partial charge is 0.287 e. The van der Waals surface area contributed by atoms with Crippen LogP contribution in [0.1, 0.15) is 31.0 Å². The van der Waals surface area contributed by atoms with Crippen LogP contribution in [-0.4, -0.2) is 33.2 Å². The van der Waals surface area contributed by atoms with Crippen LogP contribution in [-0.2, 0) is 0 Å². The number of nitrogens with one attached hydrogen (secondary N) is 1. The molecule has 1 aromatic heterocycles. The third kappa shape index (κ3) is 2.23. The number of hydrogen-bond acceptors (Lipinski definition) is 3. The van der Waals surface area contributed by atoms with Crippen molar-refractivity contribution >= 4 is 0 Å². The van der Waals surface area contributed by atoms with E-state index in [-0.39, 0.29) is 11.9 Å². The smallest absolute Gasteiger partial charge is 0.167 e. The van der Waals surface area contributed by atoms with Crippen LogP contribution in [0.5, 0.6) is 0 Å². The van der Waals surface area contributed by atoms with E-state index in [0.29, 0.717) is 6.54 Å². The van der Waals surface area contributed by atoms with Crippen LogP contribution in [0.15, 0.2) is 11.9 Å². The van der Waals surface area contributed by atoms with E-state index >= 15 is 0 Å². The molecule has 0 aromatic carbocycles. The van der Waals surface area contributed by atoms with Gasteiger partial charge >= 0.3 is 0 Å². The second kappa shape index (κ2) is 4.10. The van der Waals surface area contributed by atoms with Gasteiger partial charge in [-0.3, -0.25) is 10.00 Å². The predicted molar refractivity (Wildman–Crippen MR) is 54.9 cm³/mol. The maximum atomic E-state index is 13.1. The van der Waals surface area contributed by atoms with E-state index in [1.165, 1.54) is 0 Å². The molecule has 0 amide bonds. The molecule has 1 N–H and O–H groups in total. The minimum Gasteiger partial charge on any atom is -0.287 e. The minimum absolute atomic E-state index is 0.0552. The van der Waals surface area contributed by atoms with Crippen molar-refractivity contribution in [2.24, 2.45) is 0 Å². The standard InChI is InChI=1S/C10H15FN4/c1-7(10-12-8(2)13-14-10)15-5-3-4-9(11)6-15/h4,7H,3,5-6H2,1-2H3,(H,12,13,14)/t7-/m0/s1. The molecule has 0 aliphatic carbocycles. The molecule has 1 aliphatic rings. The van der Waals surface area contributed by atoms with Gasteiger partial charge < -0.3 is 0 Å². The van der Waals surface area contributed by atoms with E-state index in [9.17, 15) is 4.39 Å². The lowest BCUT2D eigenvalue weighted by atomic mass is 10.2. The molecule has 0 saturated carbocycles. The number of aromatic amines is 1. The molecule has 1 aliphatic heterocycles. The molecule has 1 atom stereocenters. The maximum Gasteiger partial charge on any atom is 0.167 e. The summed E-state index contributed by atoms with van der Waals surface area (Å²) in [5.74, 6) is 1.48. The highest BCUT2D eigenvalue weighted by Crippen LogP contribution is 2.21. The van der Waals surface area contributed by atoms with Gasteiger partial charge in [-0.05, 0) is 20.3 Å². The molecule has 0 spiro atoms. The number of hydrogen-bond donors (Lipinski definition) is 1. The van der Waals surface area contributed by atoms with Crippen molar-refractivity contribution in [2.75, 3.05) is 13.1 Å². The second-order valence-electron chi connectivity index (χ2n) is 3.87. The Morgan fingerprint density at radius 1 is 1.60 bits per heavy atom. The predicted octanol–water partition coefficient (Wildman–Crippen LogP) is 1.73. The summed E-state index contributed by atoms with van der Waals surface area (Å²) in [4.78, 5) is 6.30. The monoisotopic (exact) mass is 210 g/mol. The first-order valence-corrected chi connectivity index (χ1v) is 5.14. The fourth-order valence-electron chi connectivity index (χ4n) is 1.77. The lowest BCUT2D eigenvalue weighted by Crippen LogP contribution is -2.32. The van der Waals surface area contributed by atoms with Gasteiger partial charge in [-0.2, -0.15) is 5.10 Å². The average Bonchev–Trinajstić information content (AvgIpc) is 2.64. The van der Waals surface area contributed by atoms with E-state index < -0.39 is 0 Å². The fraction of sp³-hybridized carbons (Fsp3) is 0.600. The first-order valence-electron chi connectivity index (χ1n) is 5.14. The van der Waals surface area contributed by atoms with Crippen LogP contribution >= 0.6 is 0 Å². The van der Waals surface area contributed by atoms with Gasteiger partial charge in [-0.1, -0.05) is 6.08 Å². The van der Waals surface area contributed by atoms with Crippen LogP contribution in [0.3, 0.4) is 0 Å². The van der Waals surface area contributed by atoms with Gasteiger partial charge in [-0.15, -0.1) is 0 Å². The van der Waals surface area contributed by atoms with Crippen molar-refractivity contribution in [3.05, 3.63) is 23.6 Å². The summed E-state index contributed by atoms with van der Waals surface area (Å²) < 4.78 is 13.1. The van der Waals surface area contributed by atoms with Crippen molar-refractivity contribution in [3.8, 4) is 0 Å². The number of H-pyrrole nitrogens is 1. The summed E-state index contributed by atoms with van der Waals surface area (Å²) in [6.07, 6.45) is 2.41. The highest BCUT2D eigenvalue weighted by atomic mass is 19.1. The quantitative estimate of drug-likeness (QED) is 0.808. The van der Waals surface area contributed by atoms with Crippen molar-refractivity contribution in [2.45, 2.75) is 26.3 Å². The van der Waals surface area contributed by atoms with E-state index in [2.05, 4.69) is 15.2 Å². The Morgan fingerprint density at radius 3 is 3.00 bits per heavy atom. The van der Waals surface area contributed by atoms with Crippen molar-refractivity contribution in [1.82, 2.24) is 20.1 Å². The Balaban J connectivity index is 2.08. The van der Waals surface area contributed by atoms with Gasteiger partial charge in [-0.25, -0.2) is 9.37 Å². The average molecular weight is 210 g/mol. The Kier molecular flexibility index (Phi) is 2.81.